The van der Waals surface area contributed by atoms with Crippen molar-refractivity contribution in [3.05, 3.63) is 119 Å². The largest absolute Gasteiger partial charge is 0.274 e. The van der Waals surface area contributed by atoms with Crippen LogP contribution in [0, 0.1) is 35.0 Å². The number of hydrogen-bond donors (Lipinski definition) is 0. The van der Waals surface area contributed by atoms with Crippen LogP contribution in [0.3, 0.4) is 0 Å². The number of para-hydroxylation sites is 1. The molecule has 6 rings (SSSR count). The van der Waals surface area contributed by atoms with Gasteiger partial charge >= 0.3 is 0 Å². The summed E-state index contributed by atoms with van der Waals surface area (Å²) < 4.78 is 0. The van der Waals surface area contributed by atoms with E-state index in [1.165, 1.54) is 4.90 Å². The van der Waals surface area contributed by atoms with E-state index in [0.717, 1.165) is 22.3 Å². The standard InChI is InChI=1S/C29H20N2O2/c30-17-20-13-7-8-14-23(20)31-28(32)26-21-15-16-22(27(26)29(31)33)25(21)24(18-9-3-1-4-10-18)19-11-5-2-6-12-19/h1-16,21-22,26-27H/t21-,22-,26-,27-/m1/s1. The van der Waals surface area contributed by atoms with Crippen LogP contribution in [0.2, 0.25) is 0 Å². The molecule has 4 heteroatoms. The summed E-state index contributed by atoms with van der Waals surface area (Å²) in [6.07, 6.45) is 4.19. The van der Waals surface area contributed by atoms with Crippen molar-refractivity contribution in [2.45, 2.75) is 0 Å². The van der Waals surface area contributed by atoms with Crippen molar-refractivity contribution in [1.82, 2.24) is 0 Å². The van der Waals surface area contributed by atoms with Crippen molar-refractivity contribution in [3.8, 4) is 6.07 Å². The van der Waals surface area contributed by atoms with Crippen LogP contribution in [-0.4, -0.2) is 11.8 Å². The van der Waals surface area contributed by atoms with Crippen LogP contribution in [0.25, 0.3) is 5.57 Å². The van der Waals surface area contributed by atoms with Crippen LogP contribution in [0.5, 0.6) is 0 Å². The van der Waals surface area contributed by atoms with E-state index in [4.69, 9.17) is 0 Å². The lowest BCUT2D eigenvalue weighted by molar-refractivity contribution is -0.122. The zero-order chi connectivity index (χ0) is 22.5. The van der Waals surface area contributed by atoms with Crippen LogP contribution in [0.15, 0.2) is 103 Å². The molecule has 3 aliphatic rings. The Morgan fingerprint density at radius 3 is 1.70 bits per heavy atom. The maximum absolute atomic E-state index is 13.6. The highest BCUT2D eigenvalue weighted by Gasteiger charge is 2.62. The maximum Gasteiger partial charge on any atom is 0.238 e. The molecule has 1 heterocycles. The molecule has 0 spiro atoms. The molecular weight excluding hydrogens is 408 g/mol. The number of rotatable bonds is 3. The molecule has 0 N–H and O–H groups in total. The van der Waals surface area contributed by atoms with Crippen LogP contribution in [0.1, 0.15) is 16.7 Å². The predicted octanol–water partition coefficient (Wildman–Crippen LogP) is 4.98. The zero-order valence-corrected chi connectivity index (χ0v) is 17.8. The van der Waals surface area contributed by atoms with Crippen molar-refractivity contribution >= 4 is 23.1 Å². The second-order valence-electron chi connectivity index (χ2n) is 8.69. The number of carbonyl (C=O) groups is 2. The van der Waals surface area contributed by atoms with Gasteiger partial charge in [0.05, 0.1) is 23.1 Å². The van der Waals surface area contributed by atoms with Crippen LogP contribution in [0.4, 0.5) is 5.69 Å². The Morgan fingerprint density at radius 1 is 0.697 bits per heavy atom. The smallest absolute Gasteiger partial charge is 0.238 e. The summed E-state index contributed by atoms with van der Waals surface area (Å²) in [5.74, 6) is -1.55. The Bertz CT molecular complexity index is 1310. The van der Waals surface area contributed by atoms with Crippen molar-refractivity contribution < 1.29 is 9.59 Å². The van der Waals surface area contributed by atoms with Gasteiger partial charge in [0, 0.05) is 11.8 Å². The normalized spacial score (nSPS) is 24.8. The lowest BCUT2D eigenvalue weighted by Crippen LogP contribution is -2.33. The summed E-state index contributed by atoms with van der Waals surface area (Å²) in [6.45, 7) is 0. The monoisotopic (exact) mass is 428 g/mol. The minimum Gasteiger partial charge on any atom is -0.274 e. The molecule has 1 saturated carbocycles. The fraction of sp³-hybridized carbons (Fsp3) is 0.138. The van der Waals surface area contributed by atoms with Crippen LogP contribution in [-0.2, 0) is 9.59 Å². The maximum atomic E-state index is 13.6. The highest BCUT2D eigenvalue weighted by molar-refractivity contribution is 6.24. The van der Waals surface area contributed by atoms with E-state index in [9.17, 15) is 14.9 Å². The number of amides is 2. The minimum absolute atomic E-state index is 0.133. The van der Waals surface area contributed by atoms with Gasteiger partial charge in [0.1, 0.15) is 6.07 Å². The average molecular weight is 428 g/mol. The molecule has 1 aliphatic heterocycles. The number of nitrogens with zero attached hydrogens (tertiary/aromatic N) is 2. The van der Waals surface area contributed by atoms with Gasteiger partial charge < -0.3 is 0 Å². The quantitative estimate of drug-likeness (QED) is 0.437. The van der Waals surface area contributed by atoms with Gasteiger partial charge in [-0.3, -0.25) is 9.59 Å². The Balaban J connectivity index is 1.50. The Kier molecular flexibility index (Phi) is 4.38. The number of imide groups is 1. The molecule has 2 fully saturated rings. The third kappa shape index (κ3) is 2.76. The second kappa shape index (κ2) is 7.43. The fourth-order valence-corrected chi connectivity index (χ4v) is 5.81. The van der Waals surface area contributed by atoms with E-state index in [0.29, 0.717) is 11.3 Å². The number of hydrogen-bond acceptors (Lipinski definition) is 3. The predicted molar refractivity (Wildman–Crippen MR) is 126 cm³/mol. The van der Waals surface area contributed by atoms with E-state index in [1.54, 1.807) is 24.3 Å². The van der Waals surface area contributed by atoms with Crippen molar-refractivity contribution in [3.63, 3.8) is 0 Å². The fourth-order valence-electron chi connectivity index (χ4n) is 5.81. The number of benzene rings is 3. The Hall–Kier alpha value is -4.23. The molecule has 1 saturated heterocycles. The van der Waals surface area contributed by atoms with Gasteiger partial charge in [-0.05, 0) is 34.4 Å². The minimum atomic E-state index is -0.434. The van der Waals surface area contributed by atoms with E-state index in [1.807, 2.05) is 36.4 Å². The number of nitriles is 1. The van der Waals surface area contributed by atoms with E-state index in [2.05, 4.69) is 42.5 Å². The lowest BCUT2D eigenvalue weighted by atomic mass is 9.85. The lowest BCUT2D eigenvalue weighted by Gasteiger charge is -2.22. The van der Waals surface area contributed by atoms with E-state index >= 15 is 0 Å². The molecule has 3 aromatic carbocycles. The highest BCUT2D eigenvalue weighted by Crippen LogP contribution is 2.59. The molecule has 0 aromatic heterocycles. The number of anilines is 1. The molecule has 4 atom stereocenters. The molecule has 158 valence electrons. The summed E-state index contributed by atoms with van der Waals surface area (Å²) in [7, 11) is 0. The first-order valence-electron chi connectivity index (χ1n) is 11.1. The van der Waals surface area contributed by atoms with Crippen LogP contribution < -0.4 is 4.90 Å². The van der Waals surface area contributed by atoms with Gasteiger partial charge in [-0.25, -0.2) is 4.90 Å². The summed E-state index contributed by atoms with van der Waals surface area (Å²) in [5.41, 5.74) is 5.16. The molecule has 0 unspecified atom stereocenters. The second-order valence-corrected chi connectivity index (χ2v) is 8.69. The number of allylic oxidation sites excluding steroid dienone is 3. The first kappa shape index (κ1) is 19.5. The third-order valence-corrected chi connectivity index (χ3v) is 7.09. The van der Waals surface area contributed by atoms with E-state index in [-0.39, 0.29) is 23.7 Å². The van der Waals surface area contributed by atoms with Gasteiger partial charge in [0.15, 0.2) is 0 Å². The van der Waals surface area contributed by atoms with Gasteiger partial charge in [-0.2, -0.15) is 5.26 Å². The topological polar surface area (TPSA) is 61.2 Å². The molecule has 33 heavy (non-hydrogen) atoms. The van der Waals surface area contributed by atoms with Crippen molar-refractivity contribution in [2.24, 2.45) is 23.7 Å². The van der Waals surface area contributed by atoms with Crippen LogP contribution >= 0.6 is 0 Å². The first-order chi connectivity index (χ1) is 16.2. The molecule has 2 aliphatic carbocycles. The molecule has 2 bridgehead atoms. The third-order valence-electron chi connectivity index (χ3n) is 7.09. The molecule has 4 nitrogen and oxygen atoms in total. The van der Waals surface area contributed by atoms with Crippen molar-refractivity contribution in [1.29, 1.82) is 5.26 Å². The van der Waals surface area contributed by atoms with E-state index < -0.39 is 11.8 Å². The Labute approximate surface area is 192 Å². The number of fused-ring (bicyclic) bond motifs is 5. The first-order valence-corrected chi connectivity index (χ1v) is 11.1. The van der Waals surface area contributed by atoms with Crippen molar-refractivity contribution in [2.75, 3.05) is 4.90 Å². The average Bonchev–Trinajstić information content (AvgIpc) is 3.50. The van der Waals surface area contributed by atoms with Gasteiger partial charge in [0.25, 0.3) is 0 Å². The summed E-state index contributed by atoms with van der Waals surface area (Å²) in [4.78, 5) is 28.5. The summed E-state index contributed by atoms with van der Waals surface area (Å²) in [6, 6.07) is 29.3. The molecule has 3 aromatic rings. The van der Waals surface area contributed by atoms with Gasteiger partial charge in [-0.15, -0.1) is 0 Å². The molecule has 0 radical (unpaired) electrons. The summed E-state index contributed by atoms with van der Waals surface area (Å²) in [5, 5.41) is 9.52. The number of carbonyl (C=O) groups excluding carboxylic acids is 2. The van der Waals surface area contributed by atoms with Gasteiger partial charge in [0.2, 0.25) is 11.8 Å². The molecule has 2 amide bonds. The van der Waals surface area contributed by atoms with Gasteiger partial charge in [-0.1, -0.05) is 84.9 Å². The highest BCUT2D eigenvalue weighted by atomic mass is 16.2. The molecular formula is C29H20N2O2. The SMILES string of the molecule is N#Cc1ccccc1N1C(=O)[C@H]2[C@H](C1=O)[C@@H]1C=C[C@@H]2C1=C(c1ccccc1)c1ccccc1. The summed E-state index contributed by atoms with van der Waals surface area (Å²) >= 11 is 0. The zero-order valence-electron chi connectivity index (χ0n) is 17.8. The Morgan fingerprint density at radius 2 is 1.18 bits per heavy atom.